The van der Waals surface area contributed by atoms with Crippen LogP contribution in [0.5, 0.6) is 0 Å². The molecule has 0 bridgehead atoms. The monoisotopic (exact) mass is 321 g/mol. The van der Waals surface area contributed by atoms with E-state index >= 15 is 0 Å². The number of hydrogen-bond acceptors (Lipinski definition) is 3. The first-order chi connectivity index (χ1) is 9.70. The Bertz CT molecular complexity index is 719. The Kier molecular flexibility index (Phi) is 4.15. The molecule has 0 amide bonds. The summed E-state index contributed by atoms with van der Waals surface area (Å²) >= 11 is 7.45. The molecule has 0 spiro atoms. The standard InChI is InChI=1S/C15H12ClNOS2/c16-12-7-5-11(6-8-12)9-20(18)10-15-17-13-3-1-2-4-14(13)19-15/h1-8H,9-10H2/t20-/m1/s1. The molecule has 5 heteroatoms. The molecular formula is C15H12ClNOS2. The van der Waals surface area contributed by atoms with Gasteiger partial charge in [0, 0.05) is 21.6 Å². The first-order valence-corrected chi connectivity index (χ1v) is 8.83. The highest BCUT2D eigenvalue weighted by molar-refractivity contribution is 7.83. The predicted molar refractivity (Wildman–Crippen MR) is 86.6 cm³/mol. The van der Waals surface area contributed by atoms with Gasteiger partial charge in [0.25, 0.3) is 0 Å². The number of hydrogen-bond donors (Lipinski definition) is 0. The second kappa shape index (κ2) is 6.04. The van der Waals surface area contributed by atoms with Gasteiger partial charge in [-0.2, -0.15) is 0 Å². The normalized spacial score (nSPS) is 12.7. The Morgan fingerprint density at radius 2 is 1.80 bits per heavy atom. The number of aromatic nitrogens is 1. The largest absolute Gasteiger partial charge is 0.259 e. The number of fused-ring (bicyclic) bond motifs is 1. The van der Waals surface area contributed by atoms with E-state index in [1.165, 1.54) is 0 Å². The summed E-state index contributed by atoms with van der Waals surface area (Å²) in [4.78, 5) is 4.51. The summed E-state index contributed by atoms with van der Waals surface area (Å²) in [5, 5.41) is 1.63. The van der Waals surface area contributed by atoms with Crippen molar-refractivity contribution in [2.24, 2.45) is 0 Å². The number of rotatable bonds is 4. The van der Waals surface area contributed by atoms with Gasteiger partial charge in [-0.25, -0.2) is 4.98 Å². The van der Waals surface area contributed by atoms with Crippen molar-refractivity contribution in [2.75, 3.05) is 0 Å². The van der Waals surface area contributed by atoms with Gasteiger partial charge in [-0.15, -0.1) is 11.3 Å². The zero-order valence-corrected chi connectivity index (χ0v) is 13.0. The van der Waals surface area contributed by atoms with E-state index in [4.69, 9.17) is 11.6 Å². The molecule has 2 nitrogen and oxygen atoms in total. The van der Waals surface area contributed by atoms with Crippen molar-refractivity contribution in [3.05, 3.63) is 64.1 Å². The lowest BCUT2D eigenvalue weighted by Crippen LogP contribution is -1.98. The Labute approximate surface area is 128 Å². The molecule has 1 aromatic heterocycles. The quantitative estimate of drug-likeness (QED) is 0.713. The van der Waals surface area contributed by atoms with Crippen molar-refractivity contribution < 1.29 is 4.21 Å². The lowest BCUT2D eigenvalue weighted by Gasteiger charge is -2.00. The number of para-hydroxylation sites is 1. The van der Waals surface area contributed by atoms with Gasteiger partial charge in [0.05, 0.1) is 16.0 Å². The molecule has 0 aliphatic carbocycles. The molecular weight excluding hydrogens is 310 g/mol. The highest BCUT2D eigenvalue weighted by Crippen LogP contribution is 2.23. The molecule has 0 unspecified atom stereocenters. The molecule has 0 radical (unpaired) electrons. The van der Waals surface area contributed by atoms with Gasteiger partial charge in [0.2, 0.25) is 0 Å². The minimum absolute atomic E-state index is 0.502. The van der Waals surface area contributed by atoms with E-state index in [-0.39, 0.29) is 0 Å². The summed E-state index contributed by atoms with van der Waals surface area (Å²) in [7, 11) is -0.950. The zero-order valence-electron chi connectivity index (χ0n) is 10.6. The van der Waals surface area contributed by atoms with Crippen LogP contribution in [0, 0.1) is 0 Å². The van der Waals surface area contributed by atoms with E-state index in [0.717, 1.165) is 20.8 Å². The minimum Gasteiger partial charge on any atom is -0.259 e. The van der Waals surface area contributed by atoms with Crippen LogP contribution in [0.15, 0.2) is 48.5 Å². The summed E-state index contributed by atoms with van der Waals surface area (Å²) in [5.41, 5.74) is 2.02. The fourth-order valence-corrected chi connectivity index (χ4v) is 4.46. The number of halogens is 1. The van der Waals surface area contributed by atoms with Gasteiger partial charge in [0.15, 0.2) is 0 Å². The fraction of sp³-hybridized carbons (Fsp3) is 0.133. The third kappa shape index (κ3) is 3.26. The van der Waals surface area contributed by atoms with E-state index in [9.17, 15) is 4.21 Å². The molecule has 2 aromatic carbocycles. The fourth-order valence-electron chi connectivity index (χ4n) is 1.94. The molecule has 0 saturated carbocycles. The van der Waals surface area contributed by atoms with Gasteiger partial charge in [-0.3, -0.25) is 4.21 Å². The summed E-state index contributed by atoms with van der Waals surface area (Å²) in [6, 6.07) is 15.5. The number of benzene rings is 2. The predicted octanol–water partition coefficient (Wildman–Crippen LogP) is 4.40. The van der Waals surface area contributed by atoms with E-state index in [2.05, 4.69) is 4.98 Å². The molecule has 1 atom stereocenters. The molecule has 0 N–H and O–H groups in total. The van der Waals surface area contributed by atoms with Crippen LogP contribution in [-0.2, 0) is 22.3 Å². The van der Waals surface area contributed by atoms with Crippen molar-refractivity contribution in [2.45, 2.75) is 11.5 Å². The van der Waals surface area contributed by atoms with E-state index in [1.54, 1.807) is 11.3 Å². The van der Waals surface area contributed by atoms with Crippen LogP contribution in [0.2, 0.25) is 5.02 Å². The first-order valence-electron chi connectivity index (χ1n) is 6.14. The Hall–Kier alpha value is -1.23. The molecule has 1 heterocycles. The van der Waals surface area contributed by atoms with Crippen LogP contribution in [-0.4, -0.2) is 9.19 Å². The third-order valence-electron chi connectivity index (χ3n) is 2.86. The maximum atomic E-state index is 12.2. The second-order valence-electron chi connectivity index (χ2n) is 4.43. The smallest absolute Gasteiger partial charge is 0.106 e. The molecule has 3 rings (SSSR count). The topological polar surface area (TPSA) is 30.0 Å². The first kappa shape index (κ1) is 13.7. The van der Waals surface area contributed by atoms with Crippen molar-refractivity contribution >= 4 is 44.0 Å². The molecule has 0 aliphatic heterocycles. The average Bonchev–Trinajstić information content (AvgIpc) is 2.83. The van der Waals surface area contributed by atoms with Gasteiger partial charge < -0.3 is 0 Å². The van der Waals surface area contributed by atoms with E-state index in [1.807, 2.05) is 48.5 Å². The van der Waals surface area contributed by atoms with E-state index < -0.39 is 10.8 Å². The highest BCUT2D eigenvalue weighted by atomic mass is 35.5. The number of nitrogens with zero attached hydrogens (tertiary/aromatic N) is 1. The number of thiazole rings is 1. The van der Waals surface area contributed by atoms with Gasteiger partial charge in [0.1, 0.15) is 5.01 Å². The van der Waals surface area contributed by atoms with Crippen LogP contribution < -0.4 is 0 Å². The Morgan fingerprint density at radius 1 is 1.05 bits per heavy atom. The summed E-state index contributed by atoms with van der Waals surface area (Å²) in [5.74, 6) is 1.04. The van der Waals surface area contributed by atoms with Crippen LogP contribution in [0.25, 0.3) is 10.2 Å². The molecule has 0 saturated heterocycles. The van der Waals surface area contributed by atoms with Crippen LogP contribution in [0.3, 0.4) is 0 Å². The lowest BCUT2D eigenvalue weighted by molar-refractivity contribution is 0.682. The van der Waals surface area contributed by atoms with Crippen molar-refractivity contribution in [3.63, 3.8) is 0 Å². The van der Waals surface area contributed by atoms with Crippen molar-refractivity contribution in [1.82, 2.24) is 4.98 Å². The maximum Gasteiger partial charge on any atom is 0.106 e. The van der Waals surface area contributed by atoms with Crippen LogP contribution in [0.4, 0.5) is 0 Å². The lowest BCUT2D eigenvalue weighted by atomic mass is 10.2. The van der Waals surface area contributed by atoms with Gasteiger partial charge in [-0.05, 0) is 29.8 Å². The molecule has 0 fully saturated rings. The Balaban J connectivity index is 1.70. The minimum atomic E-state index is -0.950. The summed E-state index contributed by atoms with van der Waals surface area (Å²) < 4.78 is 13.3. The molecule has 0 aliphatic rings. The third-order valence-corrected chi connectivity index (χ3v) is 5.59. The SMILES string of the molecule is O=[S@](Cc1ccc(Cl)cc1)Cc1nc2ccccc2s1. The van der Waals surface area contributed by atoms with Gasteiger partial charge in [-0.1, -0.05) is 35.9 Å². The highest BCUT2D eigenvalue weighted by Gasteiger charge is 2.08. The van der Waals surface area contributed by atoms with Gasteiger partial charge >= 0.3 is 0 Å². The summed E-state index contributed by atoms with van der Waals surface area (Å²) in [6.07, 6.45) is 0. The zero-order chi connectivity index (χ0) is 13.9. The average molecular weight is 322 g/mol. The second-order valence-corrected chi connectivity index (χ2v) is 7.44. The van der Waals surface area contributed by atoms with Crippen LogP contribution >= 0.6 is 22.9 Å². The van der Waals surface area contributed by atoms with E-state index in [0.29, 0.717) is 16.5 Å². The van der Waals surface area contributed by atoms with Crippen molar-refractivity contribution in [1.29, 1.82) is 0 Å². The van der Waals surface area contributed by atoms with Crippen LogP contribution in [0.1, 0.15) is 10.6 Å². The molecule has 102 valence electrons. The molecule has 20 heavy (non-hydrogen) atoms. The Morgan fingerprint density at radius 3 is 2.55 bits per heavy atom. The van der Waals surface area contributed by atoms with Crippen molar-refractivity contribution in [3.8, 4) is 0 Å². The maximum absolute atomic E-state index is 12.2. The molecule has 3 aromatic rings. The summed E-state index contributed by atoms with van der Waals surface area (Å²) in [6.45, 7) is 0.